The number of rotatable bonds is 4. The van der Waals surface area contributed by atoms with Gasteiger partial charge in [-0.15, -0.1) is 0 Å². The summed E-state index contributed by atoms with van der Waals surface area (Å²) in [6, 6.07) is 14.2. The maximum atomic E-state index is 13.9. The van der Waals surface area contributed by atoms with Gasteiger partial charge in [-0.3, -0.25) is 14.5 Å². The summed E-state index contributed by atoms with van der Waals surface area (Å²) in [5.74, 6) is -0.699. The van der Waals surface area contributed by atoms with E-state index in [1.165, 1.54) is 11.0 Å². The molecule has 118 valence electrons. The third kappa shape index (κ3) is 2.96. The van der Waals surface area contributed by atoms with Crippen LogP contribution in [0.25, 0.3) is 0 Å². The second-order valence-electron chi connectivity index (χ2n) is 6.67. The molecule has 0 radical (unpaired) electrons. The minimum absolute atomic E-state index is 0.226. The Bertz CT molecular complexity index is 753. The van der Waals surface area contributed by atoms with Crippen molar-refractivity contribution in [1.82, 2.24) is 4.90 Å². The van der Waals surface area contributed by atoms with Crippen molar-refractivity contribution in [3.63, 3.8) is 0 Å². The fraction of sp³-hybridized carbons (Fsp3) is 0.222. The van der Waals surface area contributed by atoms with Crippen molar-refractivity contribution in [3.05, 3.63) is 71.0 Å². The third-order valence-corrected chi connectivity index (χ3v) is 6.60. The van der Waals surface area contributed by atoms with Gasteiger partial charge in [0.2, 0.25) is 0 Å². The van der Waals surface area contributed by atoms with E-state index in [1.54, 1.807) is 36.4 Å². The number of amides is 2. The molecule has 3 rings (SSSR count). The molecule has 0 spiro atoms. The molecule has 1 aliphatic heterocycles. The Hall–Kier alpha value is -2.27. The van der Waals surface area contributed by atoms with E-state index >= 15 is 0 Å². The number of carbonyl (C=O) groups is 2. The summed E-state index contributed by atoms with van der Waals surface area (Å²) >= 11 is 0. The van der Waals surface area contributed by atoms with Gasteiger partial charge in [0.25, 0.3) is 11.8 Å². The molecule has 2 aromatic carbocycles. The van der Waals surface area contributed by atoms with Gasteiger partial charge in [-0.1, -0.05) is 43.4 Å². The molecule has 1 heterocycles. The summed E-state index contributed by atoms with van der Waals surface area (Å²) in [5, 5.41) is 0. The molecule has 0 fully saturated rings. The largest absolute Gasteiger partial charge is 0.277 e. The van der Waals surface area contributed by atoms with Gasteiger partial charge < -0.3 is 0 Å². The Morgan fingerprint density at radius 2 is 1.43 bits per heavy atom. The van der Waals surface area contributed by atoms with Crippen LogP contribution in [0.5, 0.6) is 0 Å². The van der Waals surface area contributed by atoms with E-state index in [1.807, 2.05) is 6.07 Å². The lowest BCUT2D eigenvalue weighted by atomic mass is 10.1. The average molecular weight is 327 g/mol. The van der Waals surface area contributed by atoms with Crippen molar-refractivity contribution in [1.29, 1.82) is 0 Å². The first-order chi connectivity index (χ1) is 10.9. The Balaban J connectivity index is 1.81. The topological polar surface area (TPSA) is 37.4 Å². The number of imide groups is 1. The number of hydrogen-bond acceptors (Lipinski definition) is 2. The van der Waals surface area contributed by atoms with Gasteiger partial charge in [0, 0.05) is 6.17 Å². The Morgan fingerprint density at radius 1 is 0.913 bits per heavy atom. The van der Waals surface area contributed by atoms with Crippen molar-refractivity contribution < 1.29 is 14.0 Å². The van der Waals surface area contributed by atoms with Crippen LogP contribution in [0.3, 0.4) is 0 Å². The van der Waals surface area contributed by atoms with E-state index in [0.717, 1.165) is 0 Å². The van der Waals surface area contributed by atoms with Crippen molar-refractivity contribution in [2.45, 2.75) is 19.1 Å². The molecular weight excluding hydrogens is 309 g/mol. The molecule has 0 unspecified atom stereocenters. The van der Waals surface area contributed by atoms with E-state index < -0.39 is 8.07 Å². The van der Waals surface area contributed by atoms with Crippen molar-refractivity contribution in [2.24, 2.45) is 0 Å². The predicted octanol–water partition coefficient (Wildman–Crippen LogP) is 3.45. The van der Waals surface area contributed by atoms with E-state index in [9.17, 15) is 14.0 Å². The average Bonchev–Trinajstić information content (AvgIpc) is 2.75. The molecule has 2 aromatic rings. The summed E-state index contributed by atoms with van der Waals surface area (Å²) < 4.78 is 13.9. The van der Waals surface area contributed by atoms with Crippen molar-refractivity contribution in [2.75, 3.05) is 6.17 Å². The predicted molar refractivity (Wildman–Crippen MR) is 89.4 cm³/mol. The summed E-state index contributed by atoms with van der Waals surface area (Å²) in [7, 11) is -2.02. The molecule has 0 saturated heterocycles. The molecule has 1 aliphatic rings. The number of carbonyl (C=O) groups excluding carboxylic acids is 2. The summed E-state index contributed by atoms with van der Waals surface area (Å²) in [4.78, 5) is 26.2. The van der Waals surface area contributed by atoms with Crippen molar-refractivity contribution in [3.8, 4) is 0 Å². The zero-order valence-electron chi connectivity index (χ0n) is 13.2. The zero-order valence-corrected chi connectivity index (χ0v) is 14.2. The van der Waals surface area contributed by atoms with Gasteiger partial charge in [-0.25, -0.2) is 4.39 Å². The molecule has 0 bridgehead atoms. The highest BCUT2D eigenvalue weighted by Gasteiger charge is 2.39. The Labute approximate surface area is 135 Å². The number of hydrogen-bond donors (Lipinski definition) is 0. The highest BCUT2D eigenvalue weighted by molar-refractivity contribution is 6.77. The summed E-state index contributed by atoms with van der Waals surface area (Å²) in [6.45, 7) is 4.14. The summed E-state index contributed by atoms with van der Waals surface area (Å²) in [6.07, 6.45) is 0.397. The first-order valence-corrected chi connectivity index (χ1v) is 11.0. The maximum absolute atomic E-state index is 13.9. The number of halogens is 1. The van der Waals surface area contributed by atoms with Crippen LogP contribution in [0.1, 0.15) is 26.3 Å². The second kappa shape index (κ2) is 5.74. The molecule has 5 heteroatoms. The minimum atomic E-state index is -2.02. The number of nitrogens with zero attached hydrogens (tertiary/aromatic N) is 1. The van der Waals surface area contributed by atoms with Crippen molar-refractivity contribution >= 4 is 19.9 Å². The lowest BCUT2D eigenvalue weighted by molar-refractivity contribution is 0.0677. The van der Waals surface area contributed by atoms with Crippen LogP contribution in [0.2, 0.25) is 13.1 Å². The van der Waals surface area contributed by atoms with Crippen LogP contribution >= 0.6 is 0 Å². The van der Waals surface area contributed by atoms with Gasteiger partial charge in [0.15, 0.2) is 0 Å². The van der Waals surface area contributed by atoms with Crippen LogP contribution in [0.15, 0.2) is 48.5 Å². The second-order valence-corrected chi connectivity index (χ2v) is 11.7. The highest BCUT2D eigenvalue weighted by atomic mass is 28.3. The molecule has 0 atom stereocenters. The normalized spacial score (nSPS) is 14.3. The molecule has 3 nitrogen and oxygen atoms in total. The Kier molecular flexibility index (Phi) is 3.89. The molecule has 0 saturated carbocycles. The van der Waals surface area contributed by atoms with E-state index in [-0.39, 0.29) is 17.6 Å². The lowest BCUT2D eigenvalue weighted by Gasteiger charge is -2.27. The lowest BCUT2D eigenvalue weighted by Crippen LogP contribution is -2.47. The fourth-order valence-electron chi connectivity index (χ4n) is 3.02. The van der Waals surface area contributed by atoms with Gasteiger partial charge in [-0.2, -0.15) is 0 Å². The van der Waals surface area contributed by atoms with Gasteiger partial charge in [0.1, 0.15) is 5.82 Å². The standard InChI is InChI=1S/C18H18FNO2Si/c1-23(2,11-13-7-3-6-10-16(13)19)12-20-17(21)14-8-4-5-9-15(14)18(20)22/h3-10H,11-12H2,1-2H3. The minimum Gasteiger partial charge on any atom is -0.277 e. The van der Waals surface area contributed by atoms with E-state index in [0.29, 0.717) is 28.9 Å². The smallest absolute Gasteiger partial charge is 0.261 e. The van der Waals surface area contributed by atoms with E-state index in [4.69, 9.17) is 0 Å². The maximum Gasteiger partial charge on any atom is 0.261 e. The molecule has 2 amide bonds. The van der Waals surface area contributed by atoms with Crippen LogP contribution in [0.4, 0.5) is 4.39 Å². The molecule has 0 aliphatic carbocycles. The quantitative estimate of drug-likeness (QED) is 0.637. The number of fused-ring (bicyclic) bond motifs is 1. The molecule has 23 heavy (non-hydrogen) atoms. The monoisotopic (exact) mass is 327 g/mol. The first-order valence-electron chi connectivity index (χ1n) is 7.58. The van der Waals surface area contributed by atoms with Gasteiger partial charge in [0.05, 0.1) is 19.2 Å². The number of benzene rings is 2. The van der Waals surface area contributed by atoms with Crippen LogP contribution in [-0.4, -0.2) is 31.0 Å². The molecule has 0 aromatic heterocycles. The SMILES string of the molecule is C[Si](C)(Cc1ccccc1F)CN1C(=O)c2ccccc2C1=O. The van der Waals surface area contributed by atoms with Crippen LogP contribution in [-0.2, 0) is 6.04 Å². The zero-order chi connectivity index (χ0) is 16.6. The van der Waals surface area contributed by atoms with E-state index in [2.05, 4.69) is 13.1 Å². The first kappa shape index (κ1) is 15.6. The Morgan fingerprint density at radius 3 is 2.00 bits per heavy atom. The fourth-order valence-corrected chi connectivity index (χ4v) is 5.60. The highest BCUT2D eigenvalue weighted by Crippen LogP contribution is 2.25. The van der Waals surface area contributed by atoms with Gasteiger partial charge >= 0.3 is 0 Å². The third-order valence-electron chi connectivity index (χ3n) is 4.09. The molecular formula is C18H18FNO2Si. The van der Waals surface area contributed by atoms with Gasteiger partial charge in [-0.05, 0) is 29.8 Å². The molecule has 0 N–H and O–H groups in total. The van der Waals surface area contributed by atoms with Crippen LogP contribution in [0, 0.1) is 5.82 Å². The summed E-state index contributed by atoms with van der Waals surface area (Å²) in [5.41, 5.74) is 1.59. The van der Waals surface area contributed by atoms with Crippen LogP contribution < -0.4 is 0 Å².